The van der Waals surface area contributed by atoms with Crippen molar-refractivity contribution >= 4 is 16.8 Å². The molecule has 2 heterocycles. The molecule has 0 saturated heterocycles. The molecule has 0 aliphatic carbocycles. The van der Waals surface area contributed by atoms with Gasteiger partial charge < -0.3 is 20.1 Å². The highest BCUT2D eigenvalue weighted by atomic mass is 19.1. The molecule has 1 amide bonds. The molecule has 2 aromatic carbocycles. The van der Waals surface area contributed by atoms with E-state index in [1.807, 2.05) is 43.5 Å². The number of halogens is 1. The third-order valence-electron chi connectivity index (χ3n) is 5.73. The number of hydrogen-bond donors (Lipinski definition) is 3. The van der Waals surface area contributed by atoms with Gasteiger partial charge >= 0.3 is 0 Å². The van der Waals surface area contributed by atoms with Crippen molar-refractivity contribution in [2.75, 3.05) is 13.2 Å². The number of para-hydroxylation sites is 1. The predicted octanol–water partition coefficient (Wildman–Crippen LogP) is 4.80. The maximum absolute atomic E-state index is 13.6. The molecule has 4 aromatic rings. The summed E-state index contributed by atoms with van der Waals surface area (Å²) in [6.07, 6.45) is 4.61. The lowest BCUT2D eigenvalue weighted by molar-refractivity contribution is 0.0912. The minimum absolute atomic E-state index is 0.211. The number of amides is 1. The number of rotatable bonds is 9. The fourth-order valence-corrected chi connectivity index (χ4v) is 3.93. The van der Waals surface area contributed by atoms with E-state index in [0.29, 0.717) is 35.5 Å². The third-order valence-corrected chi connectivity index (χ3v) is 5.73. The lowest BCUT2D eigenvalue weighted by atomic mass is 10.0. The van der Waals surface area contributed by atoms with Crippen LogP contribution in [0.3, 0.4) is 0 Å². The fraction of sp³-hybridized carbons (Fsp3) is 0.259. The van der Waals surface area contributed by atoms with E-state index in [9.17, 15) is 14.3 Å². The lowest BCUT2D eigenvalue weighted by Gasteiger charge is -2.18. The Morgan fingerprint density at radius 3 is 2.79 bits per heavy atom. The number of benzene rings is 2. The van der Waals surface area contributed by atoms with Gasteiger partial charge in [-0.05, 0) is 55.2 Å². The number of carbonyl (C=O) groups is 1. The molecule has 7 heteroatoms. The molecule has 0 radical (unpaired) electrons. The summed E-state index contributed by atoms with van der Waals surface area (Å²) in [6, 6.07) is 14.4. The molecule has 0 bridgehead atoms. The van der Waals surface area contributed by atoms with Crippen molar-refractivity contribution < 1.29 is 19.0 Å². The molecular formula is C27H28FN3O3. The fourth-order valence-electron chi connectivity index (χ4n) is 3.93. The summed E-state index contributed by atoms with van der Waals surface area (Å²) in [5.41, 5.74) is 4.22. The van der Waals surface area contributed by atoms with Crippen molar-refractivity contribution in [3.8, 4) is 16.9 Å². The number of aliphatic hydroxyl groups excluding tert-OH is 1. The number of ether oxygens (including phenoxy) is 1. The topological polar surface area (TPSA) is 87.2 Å². The van der Waals surface area contributed by atoms with Gasteiger partial charge in [-0.3, -0.25) is 4.79 Å². The average molecular weight is 462 g/mol. The Morgan fingerprint density at radius 1 is 1.21 bits per heavy atom. The van der Waals surface area contributed by atoms with Crippen LogP contribution < -0.4 is 10.1 Å². The van der Waals surface area contributed by atoms with Crippen molar-refractivity contribution in [3.63, 3.8) is 0 Å². The summed E-state index contributed by atoms with van der Waals surface area (Å²) < 4.78 is 19.5. The number of carbonyl (C=O) groups excluding carboxylic acids is 1. The van der Waals surface area contributed by atoms with Crippen LogP contribution in [-0.2, 0) is 6.42 Å². The van der Waals surface area contributed by atoms with Crippen LogP contribution in [0, 0.1) is 12.9 Å². The first kappa shape index (κ1) is 23.4. The zero-order valence-electron chi connectivity index (χ0n) is 19.3. The first-order chi connectivity index (χ1) is 16.5. The molecule has 34 heavy (non-hydrogen) atoms. The highest BCUT2D eigenvalue weighted by Gasteiger charge is 2.20. The summed E-state index contributed by atoms with van der Waals surface area (Å²) in [4.78, 5) is 20.3. The molecule has 0 unspecified atom stereocenters. The van der Waals surface area contributed by atoms with Crippen molar-refractivity contribution in [2.45, 2.75) is 32.7 Å². The molecule has 6 nitrogen and oxygen atoms in total. The van der Waals surface area contributed by atoms with E-state index in [4.69, 9.17) is 4.74 Å². The number of nitrogens with one attached hydrogen (secondary N) is 2. The second-order valence-corrected chi connectivity index (χ2v) is 8.31. The Morgan fingerprint density at radius 2 is 2.03 bits per heavy atom. The van der Waals surface area contributed by atoms with Crippen molar-refractivity contribution in [1.29, 1.82) is 0 Å². The Bertz CT molecular complexity index is 1300. The van der Waals surface area contributed by atoms with Gasteiger partial charge in [-0.25, -0.2) is 4.98 Å². The minimum Gasteiger partial charge on any atom is -0.493 e. The second kappa shape index (κ2) is 10.5. The summed E-state index contributed by atoms with van der Waals surface area (Å²) in [6.45, 7) is 3.89. The first-order valence-corrected chi connectivity index (χ1v) is 11.4. The van der Waals surface area contributed by atoms with E-state index in [2.05, 4.69) is 15.3 Å². The molecule has 0 saturated carbocycles. The van der Waals surface area contributed by atoms with Gasteiger partial charge in [-0.2, -0.15) is 4.39 Å². The van der Waals surface area contributed by atoms with Crippen molar-refractivity contribution in [2.24, 2.45) is 0 Å². The number of nitrogens with zero attached hydrogens (tertiary/aromatic N) is 1. The maximum Gasteiger partial charge on any atom is 0.255 e. The molecule has 1 atom stereocenters. The van der Waals surface area contributed by atoms with Crippen LogP contribution in [0.1, 0.15) is 34.8 Å². The van der Waals surface area contributed by atoms with Crippen LogP contribution in [0.25, 0.3) is 22.0 Å². The number of aliphatic hydroxyl groups is 1. The monoisotopic (exact) mass is 461 g/mol. The maximum atomic E-state index is 13.6. The van der Waals surface area contributed by atoms with Gasteiger partial charge in [-0.1, -0.05) is 31.2 Å². The lowest BCUT2D eigenvalue weighted by Crippen LogP contribution is -2.39. The zero-order chi connectivity index (χ0) is 24.1. The van der Waals surface area contributed by atoms with Crippen molar-refractivity contribution in [3.05, 3.63) is 83.6 Å². The number of aromatic nitrogens is 2. The highest BCUT2D eigenvalue weighted by Crippen LogP contribution is 2.28. The SMILES string of the molecule is CCCOc1ccc(-c2cnc(F)c(C)c2)cc1C(=O)N[C@@H](CO)Cc1c[nH]c2ccccc12. The average Bonchev–Trinajstić information content (AvgIpc) is 3.26. The molecule has 0 aliphatic rings. The van der Waals surface area contributed by atoms with Gasteiger partial charge in [0.25, 0.3) is 5.91 Å². The molecule has 4 rings (SSSR count). The van der Waals surface area contributed by atoms with Gasteiger partial charge in [0.05, 0.1) is 24.8 Å². The molecule has 2 aromatic heterocycles. The van der Waals surface area contributed by atoms with E-state index >= 15 is 0 Å². The van der Waals surface area contributed by atoms with Crippen LogP contribution in [0.2, 0.25) is 0 Å². The minimum atomic E-state index is -0.521. The number of pyridine rings is 1. The number of aryl methyl sites for hydroxylation is 1. The first-order valence-electron chi connectivity index (χ1n) is 11.4. The Labute approximate surface area is 197 Å². The molecular weight excluding hydrogens is 433 g/mol. The van der Waals surface area contributed by atoms with Crippen LogP contribution >= 0.6 is 0 Å². The smallest absolute Gasteiger partial charge is 0.255 e. The predicted molar refractivity (Wildman–Crippen MR) is 130 cm³/mol. The molecule has 0 aliphatic heterocycles. The normalized spacial score (nSPS) is 12.0. The van der Waals surface area contributed by atoms with Gasteiger partial charge in [0.1, 0.15) is 5.75 Å². The quantitative estimate of drug-likeness (QED) is 0.313. The summed E-state index contributed by atoms with van der Waals surface area (Å²) in [5.74, 6) is -0.412. The Hall–Kier alpha value is -3.71. The number of hydrogen-bond acceptors (Lipinski definition) is 4. The highest BCUT2D eigenvalue weighted by molar-refractivity contribution is 5.98. The standard InChI is InChI=1S/C27H28FN3O3/c1-3-10-34-25-9-8-18(19-11-17(2)26(28)30-14-19)13-23(25)27(33)31-21(16-32)12-20-15-29-24-7-5-4-6-22(20)24/h4-9,11,13-15,21,29,32H,3,10,12,16H2,1-2H3,(H,31,33)/t21-/m1/s1. The van der Waals surface area contributed by atoms with Gasteiger partial charge in [-0.15, -0.1) is 0 Å². The summed E-state index contributed by atoms with van der Waals surface area (Å²) in [5, 5.41) is 14.0. The van der Waals surface area contributed by atoms with Gasteiger partial charge in [0.15, 0.2) is 0 Å². The molecule has 0 fully saturated rings. The van der Waals surface area contributed by atoms with E-state index in [1.54, 1.807) is 25.1 Å². The van der Waals surface area contributed by atoms with E-state index in [1.165, 1.54) is 6.20 Å². The Balaban J connectivity index is 1.60. The summed E-state index contributed by atoms with van der Waals surface area (Å²) >= 11 is 0. The number of fused-ring (bicyclic) bond motifs is 1. The Kier molecular flexibility index (Phi) is 7.23. The van der Waals surface area contributed by atoms with E-state index in [0.717, 1.165) is 28.5 Å². The third kappa shape index (κ3) is 5.10. The van der Waals surface area contributed by atoms with Crippen LogP contribution in [-0.4, -0.2) is 40.2 Å². The number of H-pyrrole nitrogens is 1. The largest absolute Gasteiger partial charge is 0.493 e. The van der Waals surface area contributed by atoms with E-state index in [-0.39, 0.29) is 12.5 Å². The van der Waals surface area contributed by atoms with E-state index < -0.39 is 12.0 Å². The second-order valence-electron chi connectivity index (χ2n) is 8.31. The van der Waals surface area contributed by atoms with Gasteiger partial charge in [0, 0.05) is 34.4 Å². The molecule has 3 N–H and O–H groups in total. The van der Waals surface area contributed by atoms with Gasteiger partial charge in [0.2, 0.25) is 5.95 Å². The molecule has 0 spiro atoms. The molecule has 176 valence electrons. The van der Waals surface area contributed by atoms with Crippen LogP contribution in [0.5, 0.6) is 5.75 Å². The van der Waals surface area contributed by atoms with Crippen LogP contribution in [0.15, 0.2) is 60.9 Å². The van der Waals surface area contributed by atoms with Crippen molar-refractivity contribution in [1.82, 2.24) is 15.3 Å². The van der Waals surface area contributed by atoms with Crippen LogP contribution in [0.4, 0.5) is 4.39 Å². The summed E-state index contributed by atoms with van der Waals surface area (Å²) in [7, 11) is 0. The number of aromatic amines is 1. The zero-order valence-corrected chi connectivity index (χ0v) is 19.3.